The van der Waals surface area contributed by atoms with Gasteiger partial charge in [0, 0.05) is 0 Å². The predicted octanol–water partition coefficient (Wildman–Crippen LogP) is 2.70. The molecule has 11 heavy (non-hydrogen) atoms. The van der Waals surface area contributed by atoms with Crippen molar-refractivity contribution in [1.29, 1.82) is 5.26 Å². The summed E-state index contributed by atoms with van der Waals surface area (Å²) in [5.41, 5.74) is 1.12. The first-order chi connectivity index (χ1) is 5.38. The Hall–Kier alpha value is -1.29. The maximum atomic E-state index is 8.73. The van der Waals surface area contributed by atoms with E-state index in [1.54, 1.807) is 0 Å². The summed E-state index contributed by atoms with van der Waals surface area (Å²) in [6, 6.07) is 12.2. The van der Waals surface area contributed by atoms with Crippen molar-refractivity contribution in [1.82, 2.24) is 0 Å². The molecular weight excluding hydrogens is 134 g/mol. The predicted molar refractivity (Wildman–Crippen MR) is 45.1 cm³/mol. The second-order valence-corrected chi connectivity index (χ2v) is 2.50. The molecule has 1 atom stereocenters. The highest BCUT2D eigenvalue weighted by Crippen LogP contribution is 2.16. The standard InChI is InChI=1S/C10H11N/c1-2-9(8-11)10-6-4-3-5-7-10/h3-7,9H,2H2,1H3. The van der Waals surface area contributed by atoms with Gasteiger partial charge in [-0.25, -0.2) is 0 Å². The molecule has 1 aromatic carbocycles. The van der Waals surface area contributed by atoms with Crippen molar-refractivity contribution in [2.24, 2.45) is 0 Å². The van der Waals surface area contributed by atoms with E-state index in [1.165, 1.54) is 0 Å². The maximum Gasteiger partial charge on any atom is 0.0710 e. The third kappa shape index (κ3) is 1.81. The summed E-state index contributed by atoms with van der Waals surface area (Å²) < 4.78 is 0. The molecule has 0 aliphatic rings. The van der Waals surface area contributed by atoms with Gasteiger partial charge in [0.05, 0.1) is 12.0 Å². The van der Waals surface area contributed by atoms with Gasteiger partial charge in [-0.1, -0.05) is 37.3 Å². The minimum atomic E-state index is 0.0659. The van der Waals surface area contributed by atoms with E-state index in [0.717, 1.165) is 12.0 Å². The van der Waals surface area contributed by atoms with Crippen molar-refractivity contribution in [2.45, 2.75) is 19.3 Å². The molecule has 0 radical (unpaired) electrons. The highest BCUT2D eigenvalue weighted by Gasteiger charge is 2.04. The molecule has 0 amide bonds. The van der Waals surface area contributed by atoms with Gasteiger partial charge < -0.3 is 0 Å². The van der Waals surface area contributed by atoms with Gasteiger partial charge in [-0.2, -0.15) is 5.26 Å². The van der Waals surface area contributed by atoms with Crippen LogP contribution in [0.15, 0.2) is 30.3 Å². The number of benzene rings is 1. The summed E-state index contributed by atoms with van der Waals surface area (Å²) in [6.45, 7) is 2.03. The molecule has 0 aliphatic carbocycles. The molecule has 56 valence electrons. The monoisotopic (exact) mass is 145 g/mol. The lowest BCUT2D eigenvalue weighted by Gasteiger charge is -2.03. The molecule has 0 N–H and O–H groups in total. The SMILES string of the molecule is CCC(C#N)c1ccccc1. The zero-order valence-electron chi connectivity index (χ0n) is 6.62. The van der Waals surface area contributed by atoms with Crippen molar-refractivity contribution >= 4 is 0 Å². The van der Waals surface area contributed by atoms with E-state index in [-0.39, 0.29) is 5.92 Å². The smallest absolute Gasteiger partial charge is 0.0710 e. The summed E-state index contributed by atoms with van der Waals surface area (Å²) in [5, 5.41) is 8.73. The summed E-state index contributed by atoms with van der Waals surface area (Å²) in [4.78, 5) is 0. The number of nitriles is 1. The number of rotatable bonds is 2. The normalized spacial score (nSPS) is 12.0. The quantitative estimate of drug-likeness (QED) is 0.627. The lowest BCUT2D eigenvalue weighted by Crippen LogP contribution is -1.91. The van der Waals surface area contributed by atoms with E-state index in [2.05, 4.69) is 6.07 Å². The molecule has 0 saturated carbocycles. The average Bonchev–Trinajstić information content (AvgIpc) is 2.09. The second-order valence-electron chi connectivity index (χ2n) is 2.50. The highest BCUT2D eigenvalue weighted by atomic mass is 14.3. The molecule has 1 unspecified atom stereocenters. The van der Waals surface area contributed by atoms with E-state index < -0.39 is 0 Å². The fourth-order valence-corrected chi connectivity index (χ4v) is 1.09. The second kappa shape index (κ2) is 3.78. The van der Waals surface area contributed by atoms with Crippen LogP contribution in [0, 0.1) is 11.3 Å². The van der Waals surface area contributed by atoms with Crippen LogP contribution in [-0.4, -0.2) is 0 Å². The van der Waals surface area contributed by atoms with Crippen molar-refractivity contribution in [3.05, 3.63) is 35.9 Å². The topological polar surface area (TPSA) is 23.8 Å². The van der Waals surface area contributed by atoms with Crippen LogP contribution in [0.4, 0.5) is 0 Å². The first kappa shape index (κ1) is 7.81. The molecule has 0 aliphatic heterocycles. The Morgan fingerprint density at radius 3 is 2.45 bits per heavy atom. The lowest BCUT2D eigenvalue weighted by molar-refractivity contribution is 0.818. The van der Waals surface area contributed by atoms with Gasteiger partial charge in [-0.3, -0.25) is 0 Å². The lowest BCUT2D eigenvalue weighted by atomic mass is 9.99. The Morgan fingerprint density at radius 2 is 2.00 bits per heavy atom. The van der Waals surface area contributed by atoms with Crippen LogP contribution in [-0.2, 0) is 0 Å². The largest absolute Gasteiger partial charge is 0.198 e. The first-order valence-corrected chi connectivity index (χ1v) is 3.83. The van der Waals surface area contributed by atoms with Crippen molar-refractivity contribution in [3.63, 3.8) is 0 Å². The molecule has 0 fully saturated rings. The molecule has 1 nitrogen and oxygen atoms in total. The van der Waals surface area contributed by atoms with Crippen LogP contribution >= 0.6 is 0 Å². The summed E-state index contributed by atoms with van der Waals surface area (Å²) >= 11 is 0. The number of hydrogen-bond acceptors (Lipinski definition) is 1. The maximum absolute atomic E-state index is 8.73. The van der Waals surface area contributed by atoms with Crippen LogP contribution < -0.4 is 0 Å². The molecule has 0 bridgehead atoms. The van der Waals surface area contributed by atoms with Crippen LogP contribution in [0.3, 0.4) is 0 Å². The van der Waals surface area contributed by atoms with Crippen LogP contribution in [0.2, 0.25) is 0 Å². The zero-order chi connectivity index (χ0) is 8.10. The minimum absolute atomic E-state index is 0.0659. The van der Waals surface area contributed by atoms with E-state index in [4.69, 9.17) is 5.26 Å². The zero-order valence-corrected chi connectivity index (χ0v) is 6.62. The molecule has 0 spiro atoms. The van der Waals surface area contributed by atoms with Crippen molar-refractivity contribution < 1.29 is 0 Å². The van der Waals surface area contributed by atoms with Gasteiger partial charge in [0.1, 0.15) is 0 Å². The molecule has 1 heteroatoms. The molecular formula is C10H11N. The van der Waals surface area contributed by atoms with Gasteiger partial charge >= 0.3 is 0 Å². The molecule has 1 rings (SSSR count). The summed E-state index contributed by atoms with van der Waals surface area (Å²) in [7, 11) is 0. The number of hydrogen-bond donors (Lipinski definition) is 0. The number of nitrogens with zero attached hydrogens (tertiary/aromatic N) is 1. The molecule has 0 saturated heterocycles. The van der Waals surface area contributed by atoms with Crippen molar-refractivity contribution in [2.75, 3.05) is 0 Å². The van der Waals surface area contributed by atoms with Crippen LogP contribution in [0.1, 0.15) is 24.8 Å². The Morgan fingerprint density at radius 1 is 1.36 bits per heavy atom. The Bertz CT molecular complexity index is 245. The molecule has 0 heterocycles. The van der Waals surface area contributed by atoms with Gasteiger partial charge in [0.2, 0.25) is 0 Å². The Labute approximate surface area is 67.3 Å². The van der Waals surface area contributed by atoms with Crippen molar-refractivity contribution in [3.8, 4) is 6.07 Å². The van der Waals surface area contributed by atoms with Gasteiger partial charge in [-0.15, -0.1) is 0 Å². The van der Waals surface area contributed by atoms with Crippen LogP contribution in [0.5, 0.6) is 0 Å². The van der Waals surface area contributed by atoms with Gasteiger partial charge in [0.25, 0.3) is 0 Å². The summed E-state index contributed by atoms with van der Waals surface area (Å²) in [6.07, 6.45) is 0.889. The van der Waals surface area contributed by atoms with Gasteiger partial charge in [-0.05, 0) is 12.0 Å². The average molecular weight is 145 g/mol. The first-order valence-electron chi connectivity index (χ1n) is 3.83. The fraction of sp³-hybridized carbons (Fsp3) is 0.300. The highest BCUT2D eigenvalue weighted by molar-refractivity contribution is 5.24. The molecule has 0 aromatic heterocycles. The third-order valence-corrected chi connectivity index (χ3v) is 1.77. The van der Waals surface area contributed by atoms with E-state index in [0.29, 0.717) is 0 Å². The minimum Gasteiger partial charge on any atom is -0.198 e. The fourth-order valence-electron chi connectivity index (χ4n) is 1.09. The van der Waals surface area contributed by atoms with Crippen LogP contribution in [0.25, 0.3) is 0 Å². The van der Waals surface area contributed by atoms with Gasteiger partial charge in [0.15, 0.2) is 0 Å². The Balaban J connectivity index is 2.85. The van der Waals surface area contributed by atoms with E-state index in [1.807, 2.05) is 37.3 Å². The Kier molecular flexibility index (Phi) is 2.68. The van der Waals surface area contributed by atoms with E-state index in [9.17, 15) is 0 Å². The summed E-state index contributed by atoms with van der Waals surface area (Å²) in [5.74, 6) is 0.0659. The molecule has 1 aromatic rings. The van der Waals surface area contributed by atoms with E-state index >= 15 is 0 Å². The third-order valence-electron chi connectivity index (χ3n) is 1.77.